The average molecular weight is 799 g/mol. The predicted octanol–water partition coefficient (Wildman–Crippen LogP) is 13.3. The molecule has 0 aliphatic carbocycles. The second kappa shape index (κ2) is 42.6. The van der Waals surface area contributed by atoms with Crippen molar-refractivity contribution in [3.8, 4) is 0 Å². The van der Waals surface area contributed by atoms with Crippen LogP contribution < -0.4 is 11.1 Å². The summed E-state index contributed by atoms with van der Waals surface area (Å²) in [4.78, 5) is 22.7. The number of hydrogen-bond acceptors (Lipinski definition) is 6. The van der Waals surface area contributed by atoms with Crippen LogP contribution in [0.25, 0.3) is 0 Å². The molecule has 0 spiro atoms. The summed E-state index contributed by atoms with van der Waals surface area (Å²) in [5.41, 5.74) is 5.37. The summed E-state index contributed by atoms with van der Waals surface area (Å²) in [6.07, 6.45) is 49.6. The van der Waals surface area contributed by atoms with Gasteiger partial charge in [0.1, 0.15) is 0 Å². The van der Waals surface area contributed by atoms with Crippen molar-refractivity contribution in [2.24, 2.45) is 5.73 Å². The highest BCUT2D eigenvalue weighted by atomic mass is 31.2. The summed E-state index contributed by atoms with van der Waals surface area (Å²) in [6, 6.07) is -0.872. The number of phosphoric acid groups is 1. The van der Waals surface area contributed by atoms with Gasteiger partial charge in [0.15, 0.2) is 0 Å². The molecule has 0 rings (SSSR count). The monoisotopic (exact) mass is 799 g/mol. The SMILES string of the molecule is CCCCCCCCC/C=C/CC/C=C/C(O)C(COP(=O)(O)OCCN)NC(=O)CCCCCCCCCCCCCCCCCCCCCCCCC. The third-order valence-corrected chi connectivity index (χ3v) is 11.5. The maximum absolute atomic E-state index is 12.8. The van der Waals surface area contributed by atoms with Crippen molar-refractivity contribution >= 4 is 13.7 Å². The fourth-order valence-corrected chi connectivity index (χ4v) is 7.73. The van der Waals surface area contributed by atoms with E-state index in [1.54, 1.807) is 6.08 Å². The lowest BCUT2D eigenvalue weighted by molar-refractivity contribution is -0.123. The van der Waals surface area contributed by atoms with Gasteiger partial charge in [0, 0.05) is 13.0 Å². The fraction of sp³-hybridized carbons (Fsp3) is 0.891. The number of aliphatic hydroxyl groups is 1. The molecule has 0 heterocycles. The largest absolute Gasteiger partial charge is 0.472 e. The van der Waals surface area contributed by atoms with Gasteiger partial charge < -0.3 is 21.1 Å². The molecule has 0 aliphatic heterocycles. The van der Waals surface area contributed by atoms with E-state index < -0.39 is 20.0 Å². The molecule has 0 aromatic carbocycles. The first kappa shape index (κ1) is 54.0. The smallest absolute Gasteiger partial charge is 0.387 e. The zero-order valence-electron chi connectivity index (χ0n) is 36.2. The van der Waals surface area contributed by atoms with E-state index in [0.717, 1.165) is 38.5 Å². The van der Waals surface area contributed by atoms with Crippen LogP contribution in [-0.4, -0.2) is 47.8 Å². The number of phosphoric ester groups is 1. The van der Waals surface area contributed by atoms with Crippen molar-refractivity contribution in [2.45, 2.75) is 244 Å². The molecule has 9 heteroatoms. The van der Waals surface area contributed by atoms with Crippen molar-refractivity contribution in [3.63, 3.8) is 0 Å². The van der Waals surface area contributed by atoms with Gasteiger partial charge >= 0.3 is 7.82 Å². The first-order valence-electron chi connectivity index (χ1n) is 23.5. The van der Waals surface area contributed by atoms with Gasteiger partial charge in [0.2, 0.25) is 5.91 Å². The van der Waals surface area contributed by atoms with Gasteiger partial charge in [-0.25, -0.2) is 4.57 Å². The molecule has 0 radical (unpaired) electrons. The molecule has 0 aromatic rings. The molecular formula is C46H91N2O6P. The number of hydrogen-bond donors (Lipinski definition) is 4. The molecule has 0 fully saturated rings. The minimum atomic E-state index is -4.34. The summed E-state index contributed by atoms with van der Waals surface area (Å²) in [6.45, 7) is 4.13. The molecule has 8 nitrogen and oxygen atoms in total. The molecule has 3 atom stereocenters. The maximum Gasteiger partial charge on any atom is 0.472 e. The number of nitrogens with one attached hydrogen (secondary N) is 1. The first-order valence-corrected chi connectivity index (χ1v) is 25.0. The number of allylic oxidation sites excluding steroid dienone is 3. The lowest BCUT2D eigenvalue weighted by atomic mass is 10.0. The van der Waals surface area contributed by atoms with Crippen LogP contribution in [0.4, 0.5) is 0 Å². The highest BCUT2D eigenvalue weighted by molar-refractivity contribution is 7.47. The molecular weight excluding hydrogens is 707 g/mol. The summed E-state index contributed by atoms with van der Waals surface area (Å²) in [5.74, 6) is -0.200. The van der Waals surface area contributed by atoms with Crippen LogP contribution in [0.3, 0.4) is 0 Å². The third-order valence-electron chi connectivity index (χ3n) is 10.5. The summed E-state index contributed by atoms with van der Waals surface area (Å²) in [7, 11) is -4.34. The van der Waals surface area contributed by atoms with Crippen molar-refractivity contribution in [3.05, 3.63) is 24.3 Å². The molecule has 1 amide bonds. The Morgan fingerprint density at radius 3 is 1.40 bits per heavy atom. The van der Waals surface area contributed by atoms with Gasteiger partial charge in [0.25, 0.3) is 0 Å². The van der Waals surface area contributed by atoms with Gasteiger partial charge in [-0.15, -0.1) is 0 Å². The Morgan fingerprint density at radius 2 is 0.964 bits per heavy atom. The Labute approximate surface area is 340 Å². The number of carbonyl (C=O) groups is 1. The minimum absolute atomic E-state index is 0.0759. The molecule has 326 valence electrons. The van der Waals surface area contributed by atoms with Gasteiger partial charge in [-0.2, -0.15) is 0 Å². The van der Waals surface area contributed by atoms with Crippen molar-refractivity contribution in [1.29, 1.82) is 0 Å². The molecule has 5 N–H and O–H groups in total. The van der Waals surface area contributed by atoms with Crippen molar-refractivity contribution < 1.29 is 28.4 Å². The second-order valence-electron chi connectivity index (χ2n) is 16.0. The Kier molecular flexibility index (Phi) is 41.8. The van der Waals surface area contributed by atoms with Crippen LogP contribution in [0, 0.1) is 0 Å². The average Bonchev–Trinajstić information content (AvgIpc) is 3.17. The normalized spacial score (nSPS) is 14.2. The molecule has 55 heavy (non-hydrogen) atoms. The number of unbranched alkanes of at least 4 members (excludes halogenated alkanes) is 30. The Bertz CT molecular complexity index is 917. The van der Waals surface area contributed by atoms with Crippen LogP contribution in [0.15, 0.2) is 24.3 Å². The van der Waals surface area contributed by atoms with E-state index >= 15 is 0 Å². The summed E-state index contributed by atoms with van der Waals surface area (Å²) < 4.78 is 22.1. The highest BCUT2D eigenvalue weighted by Crippen LogP contribution is 2.43. The van der Waals surface area contributed by atoms with Crippen LogP contribution in [0.5, 0.6) is 0 Å². The topological polar surface area (TPSA) is 131 Å². The molecule has 0 saturated carbocycles. The van der Waals surface area contributed by atoms with Gasteiger partial charge in [-0.05, 0) is 32.1 Å². The summed E-state index contributed by atoms with van der Waals surface area (Å²) in [5, 5.41) is 13.6. The van der Waals surface area contributed by atoms with E-state index in [2.05, 4.69) is 31.3 Å². The maximum atomic E-state index is 12.8. The summed E-state index contributed by atoms with van der Waals surface area (Å²) >= 11 is 0. The standard InChI is InChI=1S/C46H91N2O6P/c1-3-5-7-9-11-13-15-17-18-19-20-21-22-23-24-25-26-28-30-32-34-36-38-40-46(50)48-44(43-54-55(51,52)53-42-41-47)45(49)39-37-35-33-31-29-27-16-14-12-10-8-6-4-2/h29,31,37,39,44-45,49H,3-28,30,32-36,38,40-43,47H2,1-2H3,(H,48,50)(H,51,52)/b31-29+,39-37+. The Balaban J connectivity index is 4.07. The second-order valence-corrected chi connectivity index (χ2v) is 17.4. The van der Waals surface area contributed by atoms with E-state index in [4.69, 9.17) is 14.8 Å². The first-order chi connectivity index (χ1) is 26.9. The van der Waals surface area contributed by atoms with Gasteiger partial charge in [-0.3, -0.25) is 13.8 Å². The molecule has 0 saturated heterocycles. The molecule has 0 bridgehead atoms. The molecule has 0 aromatic heterocycles. The van der Waals surface area contributed by atoms with E-state index in [0.29, 0.717) is 6.42 Å². The number of rotatable bonds is 44. The lowest BCUT2D eigenvalue weighted by Gasteiger charge is -2.23. The quantitative estimate of drug-likeness (QED) is 0.0274. The van der Waals surface area contributed by atoms with Crippen molar-refractivity contribution in [1.82, 2.24) is 5.32 Å². The minimum Gasteiger partial charge on any atom is -0.387 e. The van der Waals surface area contributed by atoms with E-state index in [1.807, 2.05) is 6.08 Å². The van der Waals surface area contributed by atoms with Crippen LogP contribution >= 0.6 is 7.82 Å². The van der Waals surface area contributed by atoms with E-state index in [-0.39, 0.29) is 25.7 Å². The Morgan fingerprint density at radius 1 is 0.582 bits per heavy atom. The Hall–Kier alpha value is -1.02. The number of aliphatic hydroxyl groups excluding tert-OH is 1. The lowest BCUT2D eigenvalue weighted by Crippen LogP contribution is -2.45. The van der Waals surface area contributed by atoms with Crippen molar-refractivity contribution in [2.75, 3.05) is 19.8 Å². The van der Waals surface area contributed by atoms with E-state index in [1.165, 1.54) is 173 Å². The van der Waals surface area contributed by atoms with Gasteiger partial charge in [0.05, 0.1) is 25.4 Å². The number of nitrogens with two attached hydrogens (primary N) is 1. The van der Waals surface area contributed by atoms with Gasteiger partial charge in [-0.1, -0.05) is 218 Å². The van der Waals surface area contributed by atoms with Crippen LogP contribution in [0.2, 0.25) is 0 Å². The molecule has 0 aliphatic rings. The third kappa shape index (κ3) is 41.0. The fourth-order valence-electron chi connectivity index (χ4n) is 6.97. The molecule has 3 unspecified atom stereocenters. The number of carbonyl (C=O) groups excluding carboxylic acids is 1. The van der Waals surface area contributed by atoms with Crippen LogP contribution in [0.1, 0.15) is 232 Å². The number of amides is 1. The van der Waals surface area contributed by atoms with Crippen LogP contribution in [-0.2, 0) is 18.4 Å². The zero-order chi connectivity index (χ0) is 40.3. The zero-order valence-corrected chi connectivity index (χ0v) is 37.1. The predicted molar refractivity (Wildman–Crippen MR) is 235 cm³/mol. The van der Waals surface area contributed by atoms with E-state index in [9.17, 15) is 19.4 Å². The highest BCUT2D eigenvalue weighted by Gasteiger charge is 2.26.